The predicted octanol–water partition coefficient (Wildman–Crippen LogP) is 1.87. The van der Waals surface area contributed by atoms with E-state index in [1.54, 1.807) is 0 Å². The molecule has 0 N–H and O–H groups in total. The molecule has 2 saturated heterocycles. The first-order chi connectivity index (χ1) is 9.22. The first-order valence-electron chi connectivity index (χ1n) is 6.70. The van der Waals surface area contributed by atoms with Gasteiger partial charge in [0.25, 0.3) is 0 Å². The molecule has 0 saturated carbocycles. The number of anilines is 1. The molecule has 0 aromatic heterocycles. The second kappa shape index (κ2) is 5.57. The molecule has 1 aromatic rings. The average molecular weight is 283 g/mol. The van der Waals surface area contributed by atoms with Crippen LogP contribution in [0.2, 0.25) is 5.02 Å². The van der Waals surface area contributed by atoms with Crippen LogP contribution in [0.4, 0.5) is 5.69 Å². The van der Waals surface area contributed by atoms with E-state index in [9.17, 15) is 0 Å². The number of hydrogen-bond acceptors (Lipinski definition) is 4. The monoisotopic (exact) mass is 282 g/mol. The van der Waals surface area contributed by atoms with Crippen molar-refractivity contribution in [2.75, 3.05) is 51.3 Å². The van der Waals surface area contributed by atoms with Crippen LogP contribution in [0.3, 0.4) is 0 Å². The van der Waals surface area contributed by atoms with E-state index in [0.29, 0.717) is 6.61 Å². The molecule has 1 atom stereocenters. The Kier molecular flexibility index (Phi) is 3.82. The lowest BCUT2D eigenvalue weighted by Crippen LogP contribution is -2.44. The molecular weight excluding hydrogens is 264 g/mol. The van der Waals surface area contributed by atoms with Gasteiger partial charge in [-0.25, -0.2) is 0 Å². The zero-order chi connectivity index (χ0) is 13.2. The Balaban J connectivity index is 1.69. The molecule has 19 heavy (non-hydrogen) atoms. The van der Waals surface area contributed by atoms with Crippen molar-refractivity contribution in [1.82, 2.24) is 4.90 Å². The standard InChI is InChI=1S/C14H19ClN2O2/c1-16-4-6-17(7-5-16)14-8-11(2-3-13(14)15)18-9-12-10-19-12/h2-3,8,12H,4-7,9-10H2,1H3. The molecule has 0 spiro atoms. The van der Waals surface area contributed by atoms with Gasteiger partial charge in [0.1, 0.15) is 18.5 Å². The van der Waals surface area contributed by atoms with Gasteiger partial charge in [0.2, 0.25) is 0 Å². The number of halogens is 1. The van der Waals surface area contributed by atoms with Gasteiger partial charge in [0.15, 0.2) is 0 Å². The van der Waals surface area contributed by atoms with Crippen LogP contribution in [-0.2, 0) is 4.74 Å². The van der Waals surface area contributed by atoms with Gasteiger partial charge in [-0.2, -0.15) is 0 Å². The molecule has 2 aliphatic heterocycles. The molecule has 3 rings (SSSR count). The van der Waals surface area contributed by atoms with Gasteiger partial charge in [-0.1, -0.05) is 11.6 Å². The summed E-state index contributed by atoms with van der Waals surface area (Å²) in [6, 6.07) is 5.87. The number of piperazine rings is 1. The fourth-order valence-electron chi connectivity index (χ4n) is 2.23. The second-order valence-corrected chi connectivity index (χ2v) is 5.58. The summed E-state index contributed by atoms with van der Waals surface area (Å²) in [5.74, 6) is 0.869. The van der Waals surface area contributed by atoms with Crippen molar-refractivity contribution in [2.24, 2.45) is 0 Å². The van der Waals surface area contributed by atoms with Gasteiger partial charge in [-0.15, -0.1) is 0 Å². The average Bonchev–Trinajstić information content (AvgIpc) is 3.23. The zero-order valence-corrected chi connectivity index (χ0v) is 11.9. The predicted molar refractivity (Wildman–Crippen MR) is 76.4 cm³/mol. The van der Waals surface area contributed by atoms with Gasteiger partial charge < -0.3 is 19.3 Å². The topological polar surface area (TPSA) is 28.2 Å². The van der Waals surface area contributed by atoms with Crippen molar-refractivity contribution >= 4 is 17.3 Å². The highest BCUT2D eigenvalue weighted by Crippen LogP contribution is 2.31. The third-order valence-electron chi connectivity index (χ3n) is 3.60. The van der Waals surface area contributed by atoms with Crippen LogP contribution in [0.1, 0.15) is 0 Å². The molecule has 104 valence electrons. The highest BCUT2D eigenvalue weighted by Gasteiger charge is 2.23. The normalized spacial score (nSPS) is 23.5. The van der Waals surface area contributed by atoms with E-state index < -0.39 is 0 Å². The van der Waals surface area contributed by atoms with Crippen LogP contribution in [-0.4, -0.2) is 57.4 Å². The van der Waals surface area contributed by atoms with E-state index >= 15 is 0 Å². The number of rotatable bonds is 4. The third-order valence-corrected chi connectivity index (χ3v) is 3.92. The number of ether oxygens (including phenoxy) is 2. The van der Waals surface area contributed by atoms with E-state index in [1.165, 1.54) is 0 Å². The smallest absolute Gasteiger partial charge is 0.121 e. The summed E-state index contributed by atoms with van der Waals surface area (Å²) in [4.78, 5) is 4.65. The maximum Gasteiger partial charge on any atom is 0.121 e. The molecule has 2 heterocycles. The van der Waals surface area contributed by atoms with Crippen molar-refractivity contribution in [1.29, 1.82) is 0 Å². The minimum Gasteiger partial charge on any atom is -0.491 e. The summed E-state index contributed by atoms with van der Waals surface area (Å²) in [6.45, 7) is 5.59. The third kappa shape index (κ3) is 3.32. The van der Waals surface area contributed by atoms with Crippen molar-refractivity contribution in [3.05, 3.63) is 23.2 Å². The molecule has 1 aromatic carbocycles. The molecule has 4 nitrogen and oxygen atoms in total. The molecule has 0 bridgehead atoms. The summed E-state index contributed by atoms with van der Waals surface area (Å²) < 4.78 is 10.9. The second-order valence-electron chi connectivity index (χ2n) is 5.17. The fraction of sp³-hybridized carbons (Fsp3) is 0.571. The maximum absolute atomic E-state index is 6.31. The van der Waals surface area contributed by atoms with Crippen LogP contribution in [0.5, 0.6) is 5.75 Å². The molecule has 0 radical (unpaired) electrons. The first kappa shape index (κ1) is 13.0. The van der Waals surface area contributed by atoms with Gasteiger partial charge >= 0.3 is 0 Å². The van der Waals surface area contributed by atoms with Crippen LogP contribution < -0.4 is 9.64 Å². The Labute approximate surface area is 118 Å². The highest BCUT2D eigenvalue weighted by molar-refractivity contribution is 6.33. The zero-order valence-electron chi connectivity index (χ0n) is 11.1. The highest BCUT2D eigenvalue weighted by atomic mass is 35.5. The molecule has 5 heteroatoms. The summed E-state index contributed by atoms with van der Waals surface area (Å²) in [5.41, 5.74) is 1.07. The number of hydrogen-bond donors (Lipinski definition) is 0. The molecule has 2 aliphatic rings. The number of epoxide rings is 1. The van der Waals surface area contributed by atoms with Crippen molar-refractivity contribution in [2.45, 2.75) is 6.10 Å². The Hall–Kier alpha value is -0.970. The van der Waals surface area contributed by atoms with Crippen LogP contribution in [0, 0.1) is 0 Å². The van der Waals surface area contributed by atoms with Crippen LogP contribution in [0.15, 0.2) is 18.2 Å². The van der Waals surface area contributed by atoms with Crippen molar-refractivity contribution in [3.8, 4) is 5.75 Å². The number of likely N-dealkylation sites (N-methyl/N-ethyl adjacent to an activating group) is 1. The van der Waals surface area contributed by atoms with Gasteiger partial charge in [-0.05, 0) is 19.2 Å². The SMILES string of the molecule is CN1CCN(c2cc(OCC3CO3)ccc2Cl)CC1. The molecule has 1 unspecified atom stereocenters. The minimum atomic E-state index is 0.280. The van der Waals surface area contributed by atoms with Gasteiger partial charge in [0, 0.05) is 32.2 Å². The number of benzene rings is 1. The van der Waals surface area contributed by atoms with Gasteiger partial charge in [-0.3, -0.25) is 0 Å². The summed E-state index contributed by atoms with van der Waals surface area (Å²) >= 11 is 6.31. The quantitative estimate of drug-likeness (QED) is 0.788. The number of nitrogens with zero attached hydrogens (tertiary/aromatic N) is 2. The largest absolute Gasteiger partial charge is 0.491 e. The lowest BCUT2D eigenvalue weighted by Gasteiger charge is -2.34. The Morgan fingerprint density at radius 1 is 1.32 bits per heavy atom. The van der Waals surface area contributed by atoms with Gasteiger partial charge in [0.05, 0.1) is 17.3 Å². The molecular formula is C14H19ClN2O2. The molecule has 0 aliphatic carbocycles. The Morgan fingerprint density at radius 2 is 2.05 bits per heavy atom. The summed E-state index contributed by atoms with van der Waals surface area (Å²) in [5, 5.41) is 0.791. The van der Waals surface area contributed by atoms with E-state index in [0.717, 1.165) is 49.2 Å². The fourth-order valence-corrected chi connectivity index (χ4v) is 2.46. The Bertz CT molecular complexity index is 443. The van der Waals surface area contributed by atoms with E-state index in [-0.39, 0.29) is 6.10 Å². The van der Waals surface area contributed by atoms with Crippen LogP contribution in [0.25, 0.3) is 0 Å². The lowest BCUT2D eigenvalue weighted by atomic mass is 10.2. The summed E-state index contributed by atoms with van der Waals surface area (Å²) in [7, 11) is 2.15. The summed E-state index contributed by atoms with van der Waals surface area (Å²) in [6.07, 6.45) is 0.280. The lowest BCUT2D eigenvalue weighted by molar-refractivity contribution is 0.263. The van der Waals surface area contributed by atoms with E-state index in [1.807, 2.05) is 18.2 Å². The van der Waals surface area contributed by atoms with Crippen molar-refractivity contribution in [3.63, 3.8) is 0 Å². The first-order valence-corrected chi connectivity index (χ1v) is 7.07. The van der Waals surface area contributed by atoms with Crippen molar-refractivity contribution < 1.29 is 9.47 Å². The Morgan fingerprint density at radius 3 is 2.74 bits per heavy atom. The molecule has 2 fully saturated rings. The van der Waals surface area contributed by atoms with E-state index in [2.05, 4.69) is 16.8 Å². The minimum absolute atomic E-state index is 0.280. The van der Waals surface area contributed by atoms with Crippen LogP contribution >= 0.6 is 11.6 Å². The maximum atomic E-state index is 6.31. The molecule has 0 amide bonds. The van der Waals surface area contributed by atoms with E-state index in [4.69, 9.17) is 21.1 Å².